The first-order valence-electron chi connectivity index (χ1n) is 10.4. The van der Waals surface area contributed by atoms with Crippen LogP contribution in [0.15, 0.2) is 29.2 Å². The maximum atomic E-state index is 12.9. The summed E-state index contributed by atoms with van der Waals surface area (Å²) < 4.78 is 65.4. The van der Waals surface area contributed by atoms with E-state index in [0.717, 1.165) is 61.2 Å². The number of hydrogen-bond donors (Lipinski definition) is 0. The molecular weight excluding hydrogens is 467 g/mol. The minimum Gasteiger partial charge on any atom is -0.207 e. The van der Waals surface area contributed by atoms with Crippen molar-refractivity contribution in [2.45, 2.75) is 69.4 Å². The molecule has 0 heterocycles. The monoisotopic (exact) mass is 497 g/mol. The fourth-order valence-electron chi connectivity index (χ4n) is 4.06. The highest BCUT2D eigenvalue weighted by molar-refractivity contribution is 9.09. The lowest BCUT2D eigenvalue weighted by atomic mass is 9.80. The van der Waals surface area contributed by atoms with Gasteiger partial charge in [0.05, 0.1) is 10.5 Å². The molecule has 0 saturated heterocycles. The molecule has 0 bridgehead atoms. The lowest BCUT2D eigenvalue weighted by Gasteiger charge is -2.32. The number of halogens is 4. The molecule has 1 aromatic rings. The van der Waals surface area contributed by atoms with Gasteiger partial charge in [0.1, 0.15) is 0 Å². The Morgan fingerprint density at radius 3 is 2.10 bits per heavy atom. The van der Waals surface area contributed by atoms with Gasteiger partial charge in [-0.15, -0.1) is 0 Å². The number of benzene rings is 1. The van der Waals surface area contributed by atoms with Crippen molar-refractivity contribution in [2.24, 2.45) is 11.8 Å². The van der Waals surface area contributed by atoms with E-state index >= 15 is 0 Å². The Morgan fingerprint density at radius 2 is 1.59 bits per heavy atom. The third-order valence-electron chi connectivity index (χ3n) is 5.85. The number of alkyl halides is 4. The lowest BCUT2D eigenvalue weighted by molar-refractivity contribution is -0.137. The number of rotatable bonds is 10. The second-order valence-corrected chi connectivity index (χ2v) is 10.6. The van der Waals surface area contributed by atoms with Crippen LogP contribution in [0.5, 0.6) is 0 Å². The van der Waals surface area contributed by atoms with Crippen molar-refractivity contribution in [3.63, 3.8) is 0 Å². The van der Waals surface area contributed by atoms with Crippen LogP contribution in [-0.2, 0) is 16.2 Å². The van der Waals surface area contributed by atoms with Gasteiger partial charge in [-0.1, -0.05) is 55.0 Å². The quantitative estimate of drug-likeness (QED) is 0.274. The molecule has 1 aromatic carbocycles. The van der Waals surface area contributed by atoms with Crippen LogP contribution in [0.4, 0.5) is 13.2 Å². The number of sulfonamides is 1. The zero-order chi connectivity index (χ0) is 21.5. The highest BCUT2D eigenvalue weighted by atomic mass is 79.9. The molecule has 0 unspecified atom stereocenters. The molecule has 3 nitrogen and oxygen atoms in total. The molecule has 1 aliphatic carbocycles. The minimum absolute atomic E-state index is 0.0761. The molecule has 0 atom stereocenters. The van der Waals surface area contributed by atoms with Crippen LogP contribution in [0.2, 0.25) is 0 Å². The molecule has 1 saturated carbocycles. The fourth-order valence-corrected chi connectivity index (χ4v) is 5.98. The van der Waals surface area contributed by atoms with Crippen LogP contribution in [0.1, 0.15) is 63.9 Å². The summed E-state index contributed by atoms with van der Waals surface area (Å²) in [5.74, 6) is 1.06. The molecule has 8 heteroatoms. The van der Waals surface area contributed by atoms with Gasteiger partial charge in [0.15, 0.2) is 0 Å². The van der Waals surface area contributed by atoms with Crippen LogP contribution in [0.3, 0.4) is 0 Å². The van der Waals surface area contributed by atoms with E-state index in [1.807, 2.05) is 0 Å². The second kappa shape index (κ2) is 11.1. The van der Waals surface area contributed by atoms with E-state index in [0.29, 0.717) is 19.0 Å². The highest BCUT2D eigenvalue weighted by Gasteiger charge is 2.32. The summed E-state index contributed by atoms with van der Waals surface area (Å²) in [4.78, 5) is -0.0761. The molecule has 166 valence electrons. The predicted molar refractivity (Wildman–Crippen MR) is 114 cm³/mol. The van der Waals surface area contributed by atoms with Crippen LogP contribution in [-0.4, -0.2) is 31.1 Å². The minimum atomic E-state index is -4.47. The molecule has 2 rings (SSSR count). The van der Waals surface area contributed by atoms with Gasteiger partial charge >= 0.3 is 6.18 Å². The molecule has 0 amide bonds. The first-order chi connectivity index (χ1) is 13.7. The Balaban J connectivity index is 1.92. The van der Waals surface area contributed by atoms with E-state index in [1.165, 1.54) is 30.0 Å². The Kier molecular flexibility index (Phi) is 9.48. The number of nitrogens with zero attached hydrogens (tertiary/aromatic N) is 1. The lowest BCUT2D eigenvalue weighted by Crippen LogP contribution is -2.36. The number of unbranched alkanes of at least 4 members (excludes halogenated alkanes) is 2. The first kappa shape index (κ1) is 24.7. The van der Waals surface area contributed by atoms with Gasteiger partial charge in [0, 0.05) is 18.4 Å². The maximum absolute atomic E-state index is 12.9. The van der Waals surface area contributed by atoms with Crippen molar-refractivity contribution >= 4 is 26.0 Å². The molecule has 29 heavy (non-hydrogen) atoms. The van der Waals surface area contributed by atoms with Gasteiger partial charge < -0.3 is 0 Å². The van der Waals surface area contributed by atoms with E-state index in [9.17, 15) is 21.6 Å². The van der Waals surface area contributed by atoms with Crippen molar-refractivity contribution < 1.29 is 21.6 Å². The van der Waals surface area contributed by atoms with Crippen molar-refractivity contribution in [3.05, 3.63) is 29.8 Å². The van der Waals surface area contributed by atoms with Crippen LogP contribution >= 0.6 is 15.9 Å². The van der Waals surface area contributed by atoms with Gasteiger partial charge in [-0.25, -0.2) is 8.42 Å². The zero-order valence-corrected chi connectivity index (χ0v) is 19.3. The largest absolute Gasteiger partial charge is 0.416 e. The Labute approximate surface area is 181 Å². The summed E-state index contributed by atoms with van der Waals surface area (Å²) in [5, 5.41) is 1.06. The second-order valence-electron chi connectivity index (χ2n) is 7.90. The third kappa shape index (κ3) is 7.24. The third-order valence-corrected chi connectivity index (χ3v) is 8.36. The van der Waals surface area contributed by atoms with E-state index in [4.69, 9.17) is 0 Å². The standard InChI is InChI=1S/C21H31BrF3NO2S/c1-2-26(16-18-9-7-17(8-10-18)6-4-3-5-15-22)29(27,28)20-13-11-19(12-14-20)21(23,24)25/h11-14,17-18H,2-10,15-16H2,1H3/t17-,18-. The first-order valence-corrected chi connectivity index (χ1v) is 13.0. The maximum Gasteiger partial charge on any atom is 0.416 e. The molecule has 0 aromatic heterocycles. The molecule has 0 aliphatic heterocycles. The molecule has 0 N–H and O–H groups in total. The summed E-state index contributed by atoms with van der Waals surface area (Å²) in [6.07, 6.45) is 4.80. The molecule has 0 spiro atoms. The van der Waals surface area contributed by atoms with Gasteiger partial charge in [-0.05, 0) is 55.4 Å². The normalized spacial score (nSPS) is 20.9. The highest BCUT2D eigenvalue weighted by Crippen LogP contribution is 2.34. The molecular formula is C21H31BrF3NO2S. The average Bonchev–Trinajstić information content (AvgIpc) is 2.69. The summed E-state index contributed by atoms with van der Waals surface area (Å²) in [6.45, 7) is 2.53. The summed E-state index contributed by atoms with van der Waals surface area (Å²) >= 11 is 3.45. The Bertz CT molecular complexity index is 714. The van der Waals surface area contributed by atoms with Crippen LogP contribution in [0, 0.1) is 11.8 Å². The molecule has 1 aliphatic rings. The van der Waals surface area contributed by atoms with Gasteiger partial charge in [0.2, 0.25) is 10.0 Å². The Hall–Kier alpha value is -0.600. The van der Waals surface area contributed by atoms with E-state index < -0.39 is 21.8 Å². The van der Waals surface area contributed by atoms with Crippen molar-refractivity contribution in [1.82, 2.24) is 4.31 Å². The van der Waals surface area contributed by atoms with Crippen molar-refractivity contribution in [1.29, 1.82) is 0 Å². The van der Waals surface area contributed by atoms with Gasteiger partial charge in [0.25, 0.3) is 0 Å². The number of hydrogen-bond acceptors (Lipinski definition) is 2. The SMILES string of the molecule is CCN(C[C@H]1CC[C@H](CCCCCBr)CC1)S(=O)(=O)c1ccc(C(F)(F)F)cc1. The summed E-state index contributed by atoms with van der Waals surface area (Å²) in [5.41, 5.74) is -0.839. The van der Waals surface area contributed by atoms with E-state index in [-0.39, 0.29) is 4.90 Å². The topological polar surface area (TPSA) is 37.4 Å². The average molecular weight is 498 g/mol. The van der Waals surface area contributed by atoms with E-state index in [2.05, 4.69) is 15.9 Å². The van der Waals surface area contributed by atoms with Gasteiger partial charge in [-0.2, -0.15) is 17.5 Å². The smallest absolute Gasteiger partial charge is 0.207 e. The predicted octanol–water partition coefficient (Wildman–Crippen LogP) is 6.48. The van der Waals surface area contributed by atoms with Crippen molar-refractivity contribution in [2.75, 3.05) is 18.4 Å². The summed E-state index contributed by atoms with van der Waals surface area (Å²) in [6, 6.07) is 3.79. The zero-order valence-electron chi connectivity index (χ0n) is 16.9. The molecule has 1 fully saturated rings. The van der Waals surface area contributed by atoms with E-state index in [1.54, 1.807) is 6.92 Å². The van der Waals surface area contributed by atoms with Crippen molar-refractivity contribution in [3.8, 4) is 0 Å². The molecule has 0 radical (unpaired) electrons. The van der Waals surface area contributed by atoms with Crippen LogP contribution < -0.4 is 0 Å². The summed E-state index contributed by atoms with van der Waals surface area (Å²) in [7, 11) is -3.79. The van der Waals surface area contributed by atoms with Crippen LogP contribution in [0.25, 0.3) is 0 Å². The fraction of sp³-hybridized carbons (Fsp3) is 0.714. The Morgan fingerprint density at radius 1 is 1.00 bits per heavy atom. The van der Waals surface area contributed by atoms with Gasteiger partial charge in [-0.3, -0.25) is 0 Å².